The van der Waals surface area contributed by atoms with Crippen LogP contribution in [-0.4, -0.2) is 14.3 Å². The molecule has 1 aromatic carbocycles. The predicted molar refractivity (Wildman–Crippen MR) is 63.6 cm³/mol. The molecule has 1 rings (SSSR count). The molecule has 0 bridgehead atoms. The molecule has 71 valence electrons. The molecule has 0 amide bonds. The summed E-state index contributed by atoms with van der Waals surface area (Å²) in [6.45, 7) is 5.92. The minimum atomic E-state index is -0.125. The summed E-state index contributed by atoms with van der Waals surface area (Å²) in [7, 11) is 5.52. The van der Waals surface area contributed by atoms with Crippen LogP contribution in [0.25, 0.3) is 0 Å². The van der Waals surface area contributed by atoms with E-state index < -0.39 is 0 Å². The van der Waals surface area contributed by atoms with Crippen molar-refractivity contribution in [1.29, 1.82) is 0 Å². The summed E-state index contributed by atoms with van der Waals surface area (Å²) >= 11 is -0.125. The number of hydrogen-bond acceptors (Lipinski definition) is 0. The first-order valence-corrected chi connectivity index (χ1v) is 7.88. The van der Waals surface area contributed by atoms with E-state index in [-0.39, 0.29) is 14.3 Å². The first kappa shape index (κ1) is 13.0. The van der Waals surface area contributed by atoms with Gasteiger partial charge >= 0.3 is 14.3 Å². The molecule has 0 aliphatic carbocycles. The third-order valence-electron chi connectivity index (χ3n) is 1.58. The molecule has 0 saturated heterocycles. The molecule has 0 unspecified atom stereocenters. The lowest BCUT2D eigenvalue weighted by Gasteiger charge is -1.82. The van der Waals surface area contributed by atoms with Crippen molar-refractivity contribution in [2.45, 2.75) is 25.0 Å². The van der Waals surface area contributed by atoms with Crippen LogP contribution in [0.3, 0.4) is 0 Å². The Balaban J connectivity index is 0.000000226. The lowest BCUT2D eigenvalue weighted by Crippen LogP contribution is -1.73. The smallest absolute Gasteiger partial charge is 0.267 e. The summed E-state index contributed by atoms with van der Waals surface area (Å²) in [5, 5.41) is 1.32. The lowest BCUT2D eigenvalue weighted by molar-refractivity contribution is 0.882. The summed E-state index contributed by atoms with van der Waals surface area (Å²) in [6, 6.07) is 9.87. The fourth-order valence-corrected chi connectivity index (χ4v) is 2.08. The molecule has 0 aromatic heterocycles. The van der Waals surface area contributed by atoms with E-state index >= 15 is 0 Å². The number of halogens is 1. The van der Waals surface area contributed by atoms with Crippen LogP contribution in [0.15, 0.2) is 30.3 Å². The molecule has 0 heterocycles. The standard InChI is InChI=1S/C7H7.C4H9.Al.ClH.H/c1-7-5-3-2-4-6-7;1-3-4-2;;;/h2-6H,1H2;1,3-4H2,2H3;;1H;/q;;+1;;/p-1. The zero-order valence-electron chi connectivity index (χ0n) is 8.30. The Labute approximate surface area is 92.2 Å². The number of hydrogen-bond donors (Lipinski definition) is 0. The summed E-state index contributed by atoms with van der Waals surface area (Å²) in [5.74, 6) is 0. The third-order valence-corrected chi connectivity index (χ3v) is 3.15. The molecular formula is C11H17AlCl. The molecular weight excluding hydrogens is 195 g/mol. The number of unbranched alkanes of at least 4 members (excludes halogenated alkanes) is 1. The van der Waals surface area contributed by atoms with Crippen molar-refractivity contribution in [3.8, 4) is 0 Å². The van der Waals surface area contributed by atoms with Gasteiger partial charge in [-0.15, -0.1) is 0 Å². The minimum Gasteiger partial charge on any atom is -0.267 e. The van der Waals surface area contributed by atoms with E-state index in [9.17, 15) is 0 Å². The van der Waals surface area contributed by atoms with Crippen molar-refractivity contribution >= 4 is 24.3 Å². The fourth-order valence-electron chi connectivity index (χ4n) is 0.823. The van der Waals surface area contributed by atoms with Crippen LogP contribution in [0, 0.1) is 6.92 Å². The van der Waals surface area contributed by atoms with Crippen LogP contribution in [0.2, 0.25) is 5.28 Å². The maximum absolute atomic E-state index is 5.52. The van der Waals surface area contributed by atoms with Crippen molar-refractivity contribution in [2.75, 3.05) is 0 Å². The molecule has 0 saturated carbocycles. The van der Waals surface area contributed by atoms with E-state index in [1.165, 1.54) is 18.1 Å². The highest BCUT2D eigenvalue weighted by molar-refractivity contribution is 6.93. The highest BCUT2D eigenvalue weighted by Gasteiger charge is 1.83. The van der Waals surface area contributed by atoms with Gasteiger partial charge < -0.3 is 0 Å². The Morgan fingerprint density at radius 2 is 1.92 bits per heavy atom. The molecule has 0 nitrogen and oxygen atoms in total. The molecule has 0 aliphatic rings. The quantitative estimate of drug-likeness (QED) is 0.529. The van der Waals surface area contributed by atoms with Crippen molar-refractivity contribution in [3.63, 3.8) is 0 Å². The Morgan fingerprint density at radius 1 is 1.31 bits per heavy atom. The molecule has 0 N–H and O–H groups in total. The van der Waals surface area contributed by atoms with E-state index in [1.54, 1.807) is 0 Å². The van der Waals surface area contributed by atoms with Gasteiger partial charge in [-0.25, -0.2) is 0 Å². The van der Waals surface area contributed by atoms with Crippen LogP contribution < -0.4 is 0 Å². The van der Waals surface area contributed by atoms with Gasteiger partial charge in [0.1, 0.15) is 0 Å². The highest BCUT2D eigenvalue weighted by Crippen LogP contribution is 1.93. The summed E-state index contributed by atoms with van der Waals surface area (Å²) in [5.41, 5.74) is 1.07. The zero-order valence-corrected chi connectivity index (χ0v) is 10.5. The SMILES string of the molecule is CCC[CH2][AlH][Cl].[CH2]c1ccccc1. The van der Waals surface area contributed by atoms with Gasteiger partial charge in [0.15, 0.2) is 0 Å². The summed E-state index contributed by atoms with van der Waals surface area (Å²) in [4.78, 5) is 0. The second-order valence-electron chi connectivity index (χ2n) is 2.88. The van der Waals surface area contributed by atoms with Gasteiger partial charge in [-0.05, 0) is 12.5 Å². The first-order valence-electron chi connectivity index (χ1n) is 4.74. The molecule has 2 heteroatoms. The Morgan fingerprint density at radius 3 is 2.15 bits per heavy atom. The molecule has 13 heavy (non-hydrogen) atoms. The van der Waals surface area contributed by atoms with E-state index in [2.05, 4.69) is 13.8 Å². The van der Waals surface area contributed by atoms with E-state index in [0.29, 0.717) is 0 Å². The summed E-state index contributed by atoms with van der Waals surface area (Å²) < 4.78 is 0. The largest absolute Gasteiger partial charge is 0.376 e. The van der Waals surface area contributed by atoms with E-state index in [1.807, 2.05) is 30.3 Å². The zero-order chi connectivity index (χ0) is 9.94. The van der Waals surface area contributed by atoms with Crippen molar-refractivity contribution in [2.24, 2.45) is 0 Å². The fraction of sp³-hybridized carbons (Fsp3) is 0.364. The molecule has 0 spiro atoms. The molecule has 0 fully saturated rings. The average Bonchev–Trinajstić information content (AvgIpc) is 2.17. The van der Waals surface area contributed by atoms with E-state index in [4.69, 9.17) is 10.0 Å². The minimum absolute atomic E-state index is 0.125. The second-order valence-corrected chi connectivity index (χ2v) is 5.10. The molecule has 1 radical (unpaired) electrons. The van der Waals surface area contributed by atoms with Gasteiger partial charge in [0.05, 0.1) is 0 Å². The van der Waals surface area contributed by atoms with E-state index in [0.717, 1.165) is 5.56 Å². The maximum Gasteiger partial charge on any atom is 0.376 e. The molecule has 1 aromatic rings. The van der Waals surface area contributed by atoms with Gasteiger partial charge in [0, 0.05) is 0 Å². The van der Waals surface area contributed by atoms with Gasteiger partial charge in [-0.1, -0.05) is 55.4 Å². The Bertz CT molecular complexity index is 183. The maximum atomic E-state index is 5.52. The highest BCUT2D eigenvalue weighted by atomic mass is 35.6. The van der Waals surface area contributed by atoms with Crippen LogP contribution in [0.5, 0.6) is 0 Å². The average molecular weight is 212 g/mol. The summed E-state index contributed by atoms with van der Waals surface area (Å²) in [6.07, 6.45) is 2.65. The van der Waals surface area contributed by atoms with Gasteiger partial charge in [0.2, 0.25) is 0 Å². The Hall–Kier alpha value is 0.0425. The van der Waals surface area contributed by atoms with Crippen molar-refractivity contribution in [1.82, 2.24) is 0 Å². The predicted octanol–water partition coefficient (Wildman–Crippen LogP) is 3.66. The van der Waals surface area contributed by atoms with Crippen molar-refractivity contribution in [3.05, 3.63) is 42.8 Å². The molecule has 0 aliphatic heterocycles. The molecule has 0 atom stereocenters. The van der Waals surface area contributed by atoms with Crippen LogP contribution in [0.4, 0.5) is 0 Å². The van der Waals surface area contributed by atoms with Crippen LogP contribution >= 0.6 is 10.0 Å². The lowest BCUT2D eigenvalue weighted by atomic mass is 10.2. The van der Waals surface area contributed by atoms with Gasteiger partial charge in [-0.3, -0.25) is 10.0 Å². The third kappa shape index (κ3) is 9.96. The van der Waals surface area contributed by atoms with Crippen LogP contribution in [0.1, 0.15) is 25.3 Å². The number of rotatable bonds is 3. The Kier molecular flexibility index (Phi) is 10.2. The normalized spacial score (nSPS) is 8.54. The topological polar surface area (TPSA) is 0 Å². The monoisotopic (exact) mass is 211 g/mol. The van der Waals surface area contributed by atoms with Crippen LogP contribution in [-0.2, 0) is 0 Å². The first-order chi connectivity index (χ1) is 6.31. The van der Waals surface area contributed by atoms with Gasteiger partial charge in [-0.2, -0.15) is 0 Å². The second kappa shape index (κ2) is 10.1. The number of benzene rings is 1. The van der Waals surface area contributed by atoms with Gasteiger partial charge in [0.25, 0.3) is 0 Å². The van der Waals surface area contributed by atoms with Crippen molar-refractivity contribution < 1.29 is 0 Å².